The zero-order chi connectivity index (χ0) is 21.5. The third kappa shape index (κ3) is 5.64. The maximum atomic E-state index is 12.3. The Balaban J connectivity index is 1.53. The van der Waals surface area contributed by atoms with E-state index >= 15 is 0 Å². The molecule has 2 aromatic rings. The van der Waals surface area contributed by atoms with Gasteiger partial charge in [-0.15, -0.1) is 0 Å². The number of nitrogens with one attached hydrogen (secondary N) is 1. The van der Waals surface area contributed by atoms with Crippen molar-refractivity contribution in [2.75, 3.05) is 50.1 Å². The van der Waals surface area contributed by atoms with Crippen LogP contribution in [0.4, 0.5) is 11.4 Å². The number of carbonyl (C=O) groups excluding carboxylic acids is 1. The van der Waals surface area contributed by atoms with Gasteiger partial charge in [0.2, 0.25) is 5.91 Å². The molecular formula is C22H27N3O5. The molecule has 1 fully saturated rings. The maximum Gasteiger partial charge on any atom is 0.308 e. The molecule has 0 radical (unpaired) electrons. The van der Waals surface area contributed by atoms with E-state index in [-0.39, 0.29) is 18.1 Å². The Kier molecular flexibility index (Phi) is 7.13. The molecule has 0 aliphatic carbocycles. The summed E-state index contributed by atoms with van der Waals surface area (Å²) in [5.41, 5.74) is 1.47. The van der Waals surface area contributed by atoms with Crippen LogP contribution in [0.3, 0.4) is 0 Å². The molecule has 1 heterocycles. The summed E-state index contributed by atoms with van der Waals surface area (Å²) in [7, 11) is 1.65. The molecule has 3 N–H and O–H groups in total. The summed E-state index contributed by atoms with van der Waals surface area (Å²) in [5.74, 6) is -1.33. The lowest BCUT2D eigenvalue weighted by Gasteiger charge is -2.37. The lowest BCUT2D eigenvalue weighted by Crippen LogP contribution is -2.49. The number of phenolic OH excluding ortho intramolecular Hbond substituents is 1. The van der Waals surface area contributed by atoms with E-state index in [0.717, 1.165) is 24.5 Å². The summed E-state index contributed by atoms with van der Waals surface area (Å²) in [6, 6.07) is 14.0. The van der Waals surface area contributed by atoms with Gasteiger partial charge < -0.3 is 25.2 Å². The number of anilines is 2. The van der Waals surface area contributed by atoms with Crippen molar-refractivity contribution < 1.29 is 24.5 Å². The second-order valence-corrected chi connectivity index (χ2v) is 7.30. The van der Waals surface area contributed by atoms with Crippen LogP contribution in [0, 0.1) is 5.92 Å². The molecule has 2 aromatic carbocycles. The molecule has 8 nitrogen and oxygen atoms in total. The highest BCUT2D eigenvalue weighted by molar-refractivity contribution is 5.93. The Morgan fingerprint density at radius 3 is 2.50 bits per heavy atom. The summed E-state index contributed by atoms with van der Waals surface area (Å²) in [5, 5.41) is 21.7. The number of aromatic hydroxyl groups is 1. The Morgan fingerprint density at radius 2 is 1.83 bits per heavy atom. The molecule has 1 saturated heterocycles. The number of carbonyl (C=O) groups is 2. The second-order valence-electron chi connectivity index (χ2n) is 7.30. The first-order valence-electron chi connectivity index (χ1n) is 9.88. The van der Waals surface area contributed by atoms with Crippen LogP contribution in [0.25, 0.3) is 0 Å². The van der Waals surface area contributed by atoms with Gasteiger partial charge in [0.05, 0.1) is 18.7 Å². The number of amides is 1. The molecule has 1 aliphatic heterocycles. The van der Waals surface area contributed by atoms with E-state index in [1.54, 1.807) is 19.2 Å². The minimum atomic E-state index is -0.992. The molecule has 1 atom stereocenters. The molecule has 0 spiro atoms. The molecule has 160 valence electrons. The van der Waals surface area contributed by atoms with Crippen molar-refractivity contribution in [3.8, 4) is 11.5 Å². The van der Waals surface area contributed by atoms with Gasteiger partial charge in [-0.1, -0.05) is 18.2 Å². The molecule has 1 aliphatic rings. The minimum absolute atomic E-state index is 0.0375. The zero-order valence-corrected chi connectivity index (χ0v) is 17.0. The predicted octanol–water partition coefficient (Wildman–Crippen LogP) is 2.25. The number of ether oxygens (including phenoxy) is 1. The molecular weight excluding hydrogens is 386 g/mol. The number of carboxylic acids is 1. The third-order valence-corrected chi connectivity index (χ3v) is 5.19. The highest BCUT2D eigenvalue weighted by atomic mass is 16.5. The Morgan fingerprint density at radius 1 is 1.10 bits per heavy atom. The average molecular weight is 413 g/mol. The lowest BCUT2D eigenvalue weighted by atomic mass is 10.0. The first-order chi connectivity index (χ1) is 14.5. The van der Waals surface area contributed by atoms with Crippen LogP contribution in [0.2, 0.25) is 0 Å². The fraction of sp³-hybridized carbons (Fsp3) is 0.364. The number of para-hydroxylation sites is 2. The van der Waals surface area contributed by atoms with Crippen LogP contribution in [-0.2, 0) is 9.59 Å². The number of rotatable bonds is 8. The van der Waals surface area contributed by atoms with E-state index in [1.165, 1.54) is 12.1 Å². The van der Waals surface area contributed by atoms with Crippen molar-refractivity contribution >= 4 is 23.3 Å². The van der Waals surface area contributed by atoms with E-state index in [0.29, 0.717) is 25.3 Å². The lowest BCUT2D eigenvalue weighted by molar-refractivity contribution is -0.144. The summed E-state index contributed by atoms with van der Waals surface area (Å²) in [6.07, 6.45) is -0.127. The van der Waals surface area contributed by atoms with Gasteiger partial charge in [0.25, 0.3) is 0 Å². The van der Waals surface area contributed by atoms with Crippen molar-refractivity contribution in [3.05, 3.63) is 48.5 Å². The summed E-state index contributed by atoms with van der Waals surface area (Å²) < 4.78 is 5.43. The summed E-state index contributed by atoms with van der Waals surface area (Å²) >= 11 is 0. The smallest absolute Gasteiger partial charge is 0.308 e. The number of benzene rings is 2. The molecule has 8 heteroatoms. The van der Waals surface area contributed by atoms with E-state index in [4.69, 9.17) is 4.74 Å². The highest BCUT2D eigenvalue weighted by Gasteiger charge is 2.27. The van der Waals surface area contributed by atoms with Crippen molar-refractivity contribution in [3.63, 3.8) is 0 Å². The SMILES string of the molecule is COc1ccccc1N1CCN(CC(CC(=O)Nc2cccc(O)c2)C(=O)O)CC1. The summed E-state index contributed by atoms with van der Waals surface area (Å²) in [4.78, 5) is 28.3. The third-order valence-electron chi connectivity index (χ3n) is 5.19. The van der Waals surface area contributed by atoms with Gasteiger partial charge in [-0.3, -0.25) is 14.5 Å². The van der Waals surface area contributed by atoms with E-state index in [2.05, 4.69) is 15.1 Å². The normalized spacial score (nSPS) is 15.4. The number of nitrogens with zero attached hydrogens (tertiary/aromatic N) is 2. The van der Waals surface area contributed by atoms with Crippen molar-refractivity contribution in [2.24, 2.45) is 5.92 Å². The van der Waals surface area contributed by atoms with Gasteiger partial charge in [0.1, 0.15) is 11.5 Å². The zero-order valence-electron chi connectivity index (χ0n) is 17.0. The Bertz CT molecular complexity index is 881. The number of aliphatic carboxylic acids is 1. The summed E-state index contributed by atoms with van der Waals surface area (Å²) in [6.45, 7) is 3.22. The van der Waals surface area contributed by atoms with Gasteiger partial charge in [-0.05, 0) is 24.3 Å². The van der Waals surface area contributed by atoms with E-state index in [1.807, 2.05) is 24.3 Å². The molecule has 1 unspecified atom stereocenters. The first kappa shape index (κ1) is 21.4. The van der Waals surface area contributed by atoms with Crippen molar-refractivity contribution in [1.29, 1.82) is 0 Å². The molecule has 0 saturated carbocycles. The van der Waals surface area contributed by atoms with Crippen LogP contribution in [-0.4, -0.2) is 66.8 Å². The number of phenols is 1. The van der Waals surface area contributed by atoms with Crippen LogP contribution in [0.5, 0.6) is 11.5 Å². The van der Waals surface area contributed by atoms with Crippen molar-refractivity contribution in [1.82, 2.24) is 4.90 Å². The highest BCUT2D eigenvalue weighted by Crippen LogP contribution is 2.28. The van der Waals surface area contributed by atoms with Crippen LogP contribution in [0.15, 0.2) is 48.5 Å². The quantitative estimate of drug-likeness (QED) is 0.610. The maximum absolute atomic E-state index is 12.3. The molecule has 0 aromatic heterocycles. The minimum Gasteiger partial charge on any atom is -0.508 e. The number of methoxy groups -OCH3 is 1. The number of piperazine rings is 1. The average Bonchev–Trinajstić information content (AvgIpc) is 2.73. The fourth-order valence-electron chi connectivity index (χ4n) is 3.62. The fourth-order valence-corrected chi connectivity index (χ4v) is 3.62. The topological polar surface area (TPSA) is 102 Å². The number of hydrogen-bond acceptors (Lipinski definition) is 6. The second kappa shape index (κ2) is 9.98. The van der Waals surface area contributed by atoms with Gasteiger partial charge in [0.15, 0.2) is 0 Å². The Labute approximate surface area is 175 Å². The molecule has 30 heavy (non-hydrogen) atoms. The van der Waals surface area contributed by atoms with Gasteiger partial charge in [0, 0.05) is 50.9 Å². The number of hydrogen-bond donors (Lipinski definition) is 3. The molecule has 0 bridgehead atoms. The van der Waals surface area contributed by atoms with Gasteiger partial charge >= 0.3 is 5.97 Å². The Hall–Kier alpha value is -3.26. The van der Waals surface area contributed by atoms with E-state index < -0.39 is 11.9 Å². The monoisotopic (exact) mass is 413 g/mol. The predicted molar refractivity (Wildman–Crippen MR) is 114 cm³/mol. The van der Waals surface area contributed by atoms with Crippen LogP contribution >= 0.6 is 0 Å². The number of carboxylic acid groups (broad SMARTS) is 1. The largest absolute Gasteiger partial charge is 0.508 e. The standard InChI is InChI=1S/C22H27N3O5/c1-30-20-8-3-2-7-19(20)25-11-9-24(10-12-25)15-16(22(28)29)13-21(27)23-17-5-4-6-18(26)14-17/h2-8,14,16,26H,9-13,15H2,1H3,(H,23,27)(H,28,29). The van der Waals surface area contributed by atoms with Gasteiger partial charge in [-0.2, -0.15) is 0 Å². The van der Waals surface area contributed by atoms with Gasteiger partial charge in [-0.25, -0.2) is 0 Å². The molecule has 1 amide bonds. The first-order valence-corrected chi connectivity index (χ1v) is 9.88. The van der Waals surface area contributed by atoms with Crippen LogP contribution in [0.1, 0.15) is 6.42 Å². The van der Waals surface area contributed by atoms with Crippen LogP contribution < -0.4 is 15.0 Å². The molecule has 3 rings (SSSR count). The van der Waals surface area contributed by atoms with Crippen molar-refractivity contribution in [2.45, 2.75) is 6.42 Å². The van der Waals surface area contributed by atoms with E-state index in [9.17, 15) is 19.8 Å².